The zero-order valence-electron chi connectivity index (χ0n) is 20.0. The monoisotopic (exact) mass is 443 g/mol. The van der Waals surface area contributed by atoms with Crippen LogP contribution in [0.4, 0.5) is 0 Å². The van der Waals surface area contributed by atoms with Crippen LogP contribution in [0.3, 0.4) is 0 Å². The number of ketones is 1. The Morgan fingerprint density at radius 2 is 1.52 bits per heavy atom. The Bertz CT molecular complexity index is 1120. The van der Waals surface area contributed by atoms with Crippen molar-refractivity contribution in [3.8, 4) is 5.69 Å². The van der Waals surface area contributed by atoms with Gasteiger partial charge >= 0.3 is 0 Å². The first-order valence-corrected chi connectivity index (χ1v) is 11.7. The van der Waals surface area contributed by atoms with E-state index >= 15 is 0 Å². The molecule has 2 aromatic carbocycles. The average Bonchev–Trinajstić information content (AvgIpc) is 3.13. The van der Waals surface area contributed by atoms with E-state index in [-0.39, 0.29) is 11.7 Å². The van der Waals surface area contributed by atoms with Gasteiger partial charge in [0.1, 0.15) is 0 Å². The Morgan fingerprint density at radius 3 is 2.12 bits per heavy atom. The number of amides is 1. The van der Waals surface area contributed by atoms with Crippen molar-refractivity contribution in [2.24, 2.45) is 0 Å². The highest BCUT2D eigenvalue weighted by Gasteiger charge is 2.25. The molecule has 0 bridgehead atoms. The molecule has 1 aromatic heterocycles. The lowest BCUT2D eigenvalue weighted by molar-refractivity contribution is 0.0624. The molecule has 1 saturated heterocycles. The molecule has 0 unspecified atom stereocenters. The molecular formula is C28H33N3O2. The number of aromatic nitrogens is 1. The summed E-state index contributed by atoms with van der Waals surface area (Å²) in [6, 6.07) is 20.1. The second-order valence-corrected chi connectivity index (χ2v) is 9.22. The zero-order chi connectivity index (χ0) is 23.5. The van der Waals surface area contributed by atoms with Crippen molar-refractivity contribution in [1.82, 2.24) is 14.4 Å². The summed E-state index contributed by atoms with van der Waals surface area (Å²) in [5, 5.41) is 0. The maximum atomic E-state index is 13.1. The largest absolute Gasteiger partial charge is 0.336 e. The van der Waals surface area contributed by atoms with Gasteiger partial charge in [-0.1, -0.05) is 44.2 Å². The van der Waals surface area contributed by atoms with E-state index in [0.717, 1.165) is 28.2 Å². The van der Waals surface area contributed by atoms with Gasteiger partial charge in [-0.15, -0.1) is 0 Å². The van der Waals surface area contributed by atoms with Crippen molar-refractivity contribution in [2.75, 3.05) is 32.7 Å². The second-order valence-electron chi connectivity index (χ2n) is 9.22. The highest BCUT2D eigenvalue weighted by molar-refractivity contribution is 5.99. The number of benzene rings is 2. The van der Waals surface area contributed by atoms with Crippen molar-refractivity contribution >= 4 is 11.7 Å². The van der Waals surface area contributed by atoms with Crippen molar-refractivity contribution in [3.63, 3.8) is 0 Å². The minimum atomic E-state index is 0.0719. The summed E-state index contributed by atoms with van der Waals surface area (Å²) in [5.41, 5.74) is 5.85. The Labute approximate surface area is 196 Å². The minimum Gasteiger partial charge on any atom is -0.336 e. The van der Waals surface area contributed by atoms with Gasteiger partial charge in [-0.2, -0.15) is 0 Å². The van der Waals surface area contributed by atoms with Gasteiger partial charge in [-0.25, -0.2) is 0 Å². The number of carbonyl (C=O) groups is 2. The molecule has 33 heavy (non-hydrogen) atoms. The fourth-order valence-electron chi connectivity index (χ4n) is 4.61. The lowest BCUT2D eigenvalue weighted by Gasteiger charge is -2.34. The van der Waals surface area contributed by atoms with Gasteiger partial charge in [0, 0.05) is 54.4 Å². The Hall–Kier alpha value is -3.18. The third kappa shape index (κ3) is 4.93. The Balaban J connectivity index is 1.36. The van der Waals surface area contributed by atoms with Crippen LogP contribution in [-0.2, 0) is 0 Å². The average molecular weight is 444 g/mol. The van der Waals surface area contributed by atoms with E-state index in [1.807, 2.05) is 67.3 Å². The first kappa shape index (κ1) is 23.0. The normalized spacial score (nSPS) is 14.6. The fraction of sp³-hybridized carbons (Fsp3) is 0.357. The number of para-hydroxylation sites is 1. The molecule has 2 heterocycles. The van der Waals surface area contributed by atoms with Gasteiger partial charge in [-0.3, -0.25) is 14.5 Å². The van der Waals surface area contributed by atoms with E-state index < -0.39 is 0 Å². The van der Waals surface area contributed by atoms with E-state index in [0.29, 0.717) is 38.6 Å². The minimum absolute atomic E-state index is 0.0719. The van der Waals surface area contributed by atoms with Crippen LogP contribution >= 0.6 is 0 Å². The smallest absolute Gasteiger partial charge is 0.253 e. The predicted molar refractivity (Wildman–Crippen MR) is 132 cm³/mol. The highest BCUT2D eigenvalue weighted by Crippen LogP contribution is 2.22. The van der Waals surface area contributed by atoms with Gasteiger partial charge in [0.05, 0.1) is 6.54 Å². The molecule has 5 heteroatoms. The molecule has 1 amide bonds. The summed E-state index contributed by atoms with van der Waals surface area (Å²) in [6.07, 6.45) is 0. The standard InChI is InChI=1S/C28H33N3O2/c1-20(2)23-10-12-24(13-11-23)28(33)30-16-14-29(15-17-30)19-27(32)26-18-21(3)31(22(26)4)25-8-6-5-7-9-25/h5-13,18,20H,14-17,19H2,1-4H3. The SMILES string of the molecule is Cc1cc(C(=O)CN2CCN(C(=O)c3ccc(C(C)C)cc3)CC2)c(C)n1-c1ccccc1. The zero-order valence-corrected chi connectivity index (χ0v) is 20.0. The number of carbonyl (C=O) groups excluding carboxylic acids is 2. The lowest BCUT2D eigenvalue weighted by Crippen LogP contribution is -2.49. The molecule has 0 radical (unpaired) electrons. The third-order valence-corrected chi connectivity index (χ3v) is 6.60. The van der Waals surface area contributed by atoms with Gasteiger partial charge in [-0.05, 0) is 55.7 Å². The molecule has 5 nitrogen and oxygen atoms in total. The van der Waals surface area contributed by atoms with E-state index in [1.54, 1.807) is 0 Å². The highest BCUT2D eigenvalue weighted by atomic mass is 16.2. The summed E-state index contributed by atoms with van der Waals surface area (Å²) < 4.78 is 2.13. The molecule has 1 aliphatic rings. The quantitative estimate of drug-likeness (QED) is 0.511. The van der Waals surface area contributed by atoms with E-state index in [4.69, 9.17) is 0 Å². The van der Waals surface area contributed by atoms with Crippen molar-refractivity contribution in [3.05, 3.63) is 88.7 Å². The van der Waals surface area contributed by atoms with E-state index in [2.05, 4.69) is 35.4 Å². The number of hydrogen-bond acceptors (Lipinski definition) is 3. The van der Waals surface area contributed by atoms with Crippen molar-refractivity contribution in [1.29, 1.82) is 0 Å². The van der Waals surface area contributed by atoms with Crippen LogP contribution < -0.4 is 0 Å². The van der Waals surface area contributed by atoms with Gasteiger partial charge in [0.15, 0.2) is 5.78 Å². The Morgan fingerprint density at radius 1 is 0.879 bits per heavy atom. The number of nitrogens with zero attached hydrogens (tertiary/aromatic N) is 3. The van der Waals surface area contributed by atoms with Gasteiger partial charge < -0.3 is 9.47 Å². The lowest BCUT2D eigenvalue weighted by atomic mass is 10.0. The van der Waals surface area contributed by atoms with Crippen molar-refractivity contribution < 1.29 is 9.59 Å². The van der Waals surface area contributed by atoms with Crippen molar-refractivity contribution in [2.45, 2.75) is 33.6 Å². The summed E-state index contributed by atoms with van der Waals surface area (Å²) in [5.74, 6) is 0.657. The molecule has 4 rings (SSSR count). The van der Waals surface area contributed by atoms with Gasteiger partial charge in [0.2, 0.25) is 0 Å². The van der Waals surface area contributed by atoms with Crippen LogP contribution in [0.15, 0.2) is 60.7 Å². The third-order valence-electron chi connectivity index (χ3n) is 6.60. The second kappa shape index (κ2) is 9.75. The maximum Gasteiger partial charge on any atom is 0.253 e. The molecule has 0 saturated carbocycles. The van der Waals surface area contributed by atoms with Crippen LogP contribution in [0, 0.1) is 13.8 Å². The summed E-state index contributed by atoms with van der Waals surface area (Å²) >= 11 is 0. The fourth-order valence-corrected chi connectivity index (χ4v) is 4.61. The molecule has 3 aromatic rings. The maximum absolute atomic E-state index is 13.1. The van der Waals surface area contributed by atoms with Crippen LogP contribution in [0.1, 0.15) is 57.4 Å². The molecule has 0 spiro atoms. The first-order chi connectivity index (χ1) is 15.8. The molecular weight excluding hydrogens is 410 g/mol. The van der Waals surface area contributed by atoms with Crippen LogP contribution in [0.25, 0.3) is 5.69 Å². The predicted octanol–water partition coefficient (Wildman–Crippen LogP) is 4.86. The molecule has 172 valence electrons. The van der Waals surface area contributed by atoms with Crippen LogP contribution in [0.2, 0.25) is 0 Å². The number of rotatable bonds is 6. The molecule has 1 aliphatic heterocycles. The van der Waals surface area contributed by atoms with Crippen LogP contribution in [-0.4, -0.2) is 58.8 Å². The molecule has 0 N–H and O–H groups in total. The topological polar surface area (TPSA) is 45.6 Å². The molecule has 0 aliphatic carbocycles. The molecule has 1 fully saturated rings. The van der Waals surface area contributed by atoms with E-state index in [1.165, 1.54) is 5.56 Å². The molecule has 0 atom stereocenters. The number of Topliss-reactive ketones (excluding diaryl/α,β-unsaturated/α-hetero) is 1. The Kier molecular flexibility index (Phi) is 6.80. The van der Waals surface area contributed by atoms with Gasteiger partial charge in [0.25, 0.3) is 5.91 Å². The summed E-state index contributed by atoms with van der Waals surface area (Å²) in [6.45, 7) is 11.4. The van der Waals surface area contributed by atoms with E-state index in [9.17, 15) is 9.59 Å². The summed E-state index contributed by atoms with van der Waals surface area (Å²) in [4.78, 5) is 30.1. The number of piperazine rings is 1. The first-order valence-electron chi connectivity index (χ1n) is 11.7. The summed E-state index contributed by atoms with van der Waals surface area (Å²) in [7, 11) is 0. The number of hydrogen-bond donors (Lipinski definition) is 0. The number of aryl methyl sites for hydroxylation is 1. The van der Waals surface area contributed by atoms with Crippen LogP contribution in [0.5, 0.6) is 0 Å².